The summed E-state index contributed by atoms with van der Waals surface area (Å²) in [4.78, 5) is 15.2. The number of carbonyl (C=O) groups excluding carboxylic acids is 1. The lowest BCUT2D eigenvalue weighted by Crippen LogP contribution is -2.32. The quantitative estimate of drug-likeness (QED) is 0.797. The van der Waals surface area contributed by atoms with Gasteiger partial charge in [-0.3, -0.25) is 9.69 Å². The monoisotopic (exact) mass is 301 g/mol. The second-order valence-corrected chi connectivity index (χ2v) is 7.11. The molecule has 4 heteroatoms. The van der Waals surface area contributed by atoms with Crippen LogP contribution in [0.1, 0.15) is 29.9 Å². The Kier molecular flexibility index (Phi) is 3.82. The van der Waals surface area contributed by atoms with E-state index in [9.17, 15) is 4.79 Å². The zero-order valence-electron chi connectivity index (χ0n) is 9.57. The van der Waals surface area contributed by atoms with Crippen molar-refractivity contribution in [3.05, 3.63) is 20.8 Å². The van der Waals surface area contributed by atoms with Gasteiger partial charge in [0.15, 0.2) is 5.78 Å². The minimum absolute atomic E-state index is 0.247. The van der Waals surface area contributed by atoms with Crippen molar-refractivity contribution >= 4 is 33.0 Å². The van der Waals surface area contributed by atoms with Crippen LogP contribution in [-0.2, 0) is 0 Å². The van der Waals surface area contributed by atoms with Crippen molar-refractivity contribution in [2.45, 2.75) is 26.3 Å². The van der Waals surface area contributed by atoms with Gasteiger partial charge in [0.1, 0.15) is 0 Å². The van der Waals surface area contributed by atoms with Crippen LogP contribution in [0, 0.1) is 5.92 Å². The molecule has 0 N–H and O–H groups in total. The first-order valence-electron chi connectivity index (χ1n) is 5.59. The maximum absolute atomic E-state index is 12.0. The average molecular weight is 302 g/mol. The van der Waals surface area contributed by atoms with Crippen molar-refractivity contribution in [1.29, 1.82) is 0 Å². The predicted octanol–water partition coefficient (Wildman–Crippen LogP) is 3.42. The molecule has 0 amide bonds. The first-order valence-corrected chi connectivity index (χ1v) is 7.20. The highest BCUT2D eigenvalue weighted by Gasteiger charge is 2.27. The van der Waals surface area contributed by atoms with Gasteiger partial charge in [-0.15, -0.1) is 11.3 Å². The molecule has 0 bridgehead atoms. The summed E-state index contributed by atoms with van der Waals surface area (Å²) in [6.07, 6.45) is 1.21. The molecular formula is C12H16BrNOS. The highest BCUT2D eigenvalue weighted by Crippen LogP contribution is 2.25. The van der Waals surface area contributed by atoms with Gasteiger partial charge in [0.25, 0.3) is 0 Å². The largest absolute Gasteiger partial charge is 0.293 e. The van der Waals surface area contributed by atoms with Crippen LogP contribution >= 0.6 is 27.3 Å². The van der Waals surface area contributed by atoms with Crippen LogP contribution in [0.2, 0.25) is 0 Å². The van der Waals surface area contributed by atoms with Crippen molar-refractivity contribution < 1.29 is 4.79 Å². The number of likely N-dealkylation sites (tertiary alicyclic amines) is 1. The van der Waals surface area contributed by atoms with E-state index < -0.39 is 0 Å². The molecule has 1 aromatic rings. The fraction of sp³-hybridized carbons (Fsp3) is 0.583. The number of Topliss-reactive ketones (excluding diaryl/α,β-unsaturated/α-hetero) is 1. The van der Waals surface area contributed by atoms with Gasteiger partial charge in [-0.05, 0) is 47.3 Å². The molecule has 2 unspecified atom stereocenters. The Bertz CT molecular complexity index is 390. The lowest BCUT2D eigenvalue weighted by atomic mass is 10.1. The Morgan fingerprint density at radius 1 is 1.56 bits per heavy atom. The highest BCUT2D eigenvalue weighted by atomic mass is 79.9. The Labute approximate surface area is 109 Å². The molecule has 2 atom stereocenters. The molecule has 1 aliphatic rings. The SMILES string of the molecule is CC1CC(C)N(CC(=O)c2ccc(Br)s2)C1. The van der Waals surface area contributed by atoms with E-state index in [4.69, 9.17) is 0 Å². The molecule has 1 fully saturated rings. The zero-order valence-corrected chi connectivity index (χ0v) is 12.0. The zero-order chi connectivity index (χ0) is 11.7. The second-order valence-electron chi connectivity index (χ2n) is 4.65. The number of carbonyl (C=O) groups is 1. The average Bonchev–Trinajstić information content (AvgIpc) is 2.74. The fourth-order valence-electron chi connectivity index (χ4n) is 2.33. The number of ketones is 1. The van der Waals surface area contributed by atoms with Crippen molar-refractivity contribution in [3.63, 3.8) is 0 Å². The summed E-state index contributed by atoms with van der Waals surface area (Å²) in [5, 5.41) is 0. The lowest BCUT2D eigenvalue weighted by molar-refractivity contribution is 0.0929. The summed E-state index contributed by atoms with van der Waals surface area (Å²) >= 11 is 4.91. The molecular weight excluding hydrogens is 286 g/mol. The molecule has 0 radical (unpaired) electrons. The summed E-state index contributed by atoms with van der Waals surface area (Å²) in [6.45, 7) is 6.09. The van der Waals surface area contributed by atoms with Crippen molar-refractivity contribution in [2.75, 3.05) is 13.1 Å². The summed E-state index contributed by atoms with van der Waals surface area (Å²) in [7, 11) is 0. The molecule has 1 saturated heterocycles. The van der Waals surface area contributed by atoms with Gasteiger partial charge in [0.05, 0.1) is 15.2 Å². The maximum atomic E-state index is 12.0. The Hall–Kier alpha value is -0.190. The maximum Gasteiger partial charge on any atom is 0.186 e. The van der Waals surface area contributed by atoms with Crippen molar-refractivity contribution in [1.82, 2.24) is 4.90 Å². The van der Waals surface area contributed by atoms with E-state index in [1.54, 1.807) is 0 Å². The third kappa shape index (κ3) is 2.73. The molecule has 16 heavy (non-hydrogen) atoms. The summed E-state index contributed by atoms with van der Waals surface area (Å²) in [6, 6.07) is 4.39. The van der Waals surface area contributed by atoms with Crippen molar-refractivity contribution in [2.24, 2.45) is 5.92 Å². The standard InChI is InChI=1S/C12H16BrNOS/c1-8-5-9(2)14(6-8)7-10(15)11-3-4-12(13)16-11/h3-4,8-9H,5-7H2,1-2H3. The lowest BCUT2D eigenvalue weighted by Gasteiger charge is -2.19. The Morgan fingerprint density at radius 3 is 2.81 bits per heavy atom. The van der Waals surface area contributed by atoms with E-state index in [1.165, 1.54) is 17.8 Å². The van der Waals surface area contributed by atoms with E-state index >= 15 is 0 Å². The third-order valence-corrected chi connectivity index (χ3v) is 4.77. The van der Waals surface area contributed by atoms with Gasteiger partial charge >= 0.3 is 0 Å². The normalized spacial score (nSPS) is 26.2. The molecule has 1 aliphatic heterocycles. The van der Waals surface area contributed by atoms with E-state index in [-0.39, 0.29) is 5.78 Å². The number of hydrogen-bond donors (Lipinski definition) is 0. The smallest absolute Gasteiger partial charge is 0.186 e. The number of halogens is 1. The predicted molar refractivity (Wildman–Crippen MR) is 71.2 cm³/mol. The molecule has 0 aliphatic carbocycles. The molecule has 2 heterocycles. The minimum Gasteiger partial charge on any atom is -0.293 e. The summed E-state index contributed by atoms with van der Waals surface area (Å²) < 4.78 is 1.03. The third-order valence-electron chi connectivity index (χ3n) is 3.11. The van der Waals surface area contributed by atoms with Gasteiger partial charge in [-0.1, -0.05) is 6.92 Å². The van der Waals surface area contributed by atoms with Crippen LogP contribution in [0.3, 0.4) is 0 Å². The molecule has 0 saturated carbocycles. The van der Waals surface area contributed by atoms with Crippen LogP contribution in [0.15, 0.2) is 15.9 Å². The Morgan fingerprint density at radius 2 is 2.31 bits per heavy atom. The number of hydrogen-bond acceptors (Lipinski definition) is 3. The molecule has 0 aromatic carbocycles. The number of thiophene rings is 1. The van der Waals surface area contributed by atoms with E-state index in [2.05, 4.69) is 34.7 Å². The van der Waals surface area contributed by atoms with Gasteiger partial charge in [-0.2, -0.15) is 0 Å². The topological polar surface area (TPSA) is 20.3 Å². The molecule has 0 spiro atoms. The van der Waals surface area contributed by atoms with Crippen LogP contribution in [-0.4, -0.2) is 29.8 Å². The summed E-state index contributed by atoms with van der Waals surface area (Å²) in [5.41, 5.74) is 0. The summed E-state index contributed by atoms with van der Waals surface area (Å²) in [5.74, 6) is 0.967. The van der Waals surface area contributed by atoms with Gasteiger partial charge in [-0.25, -0.2) is 0 Å². The number of nitrogens with zero attached hydrogens (tertiary/aromatic N) is 1. The fourth-order valence-corrected chi connectivity index (χ4v) is 3.65. The minimum atomic E-state index is 0.247. The van der Waals surface area contributed by atoms with Crippen LogP contribution < -0.4 is 0 Å². The molecule has 2 rings (SSSR count). The highest BCUT2D eigenvalue weighted by molar-refractivity contribution is 9.11. The second kappa shape index (κ2) is 4.98. The Balaban J connectivity index is 1.97. The molecule has 1 aromatic heterocycles. The van der Waals surface area contributed by atoms with Crippen LogP contribution in [0.25, 0.3) is 0 Å². The van der Waals surface area contributed by atoms with E-state index in [0.717, 1.165) is 21.1 Å². The van der Waals surface area contributed by atoms with Gasteiger partial charge in [0.2, 0.25) is 0 Å². The molecule has 88 valence electrons. The van der Waals surface area contributed by atoms with Gasteiger partial charge in [0, 0.05) is 12.6 Å². The first-order chi connectivity index (χ1) is 7.56. The first kappa shape index (κ1) is 12.3. The van der Waals surface area contributed by atoms with E-state index in [1.807, 2.05) is 12.1 Å². The van der Waals surface area contributed by atoms with Crippen LogP contribution in [0.5, 0.6) is 0 Å². The molecule has 2 nitrogen and oxygen atoms in total. The van der Waals surface area contributed by atoms with Gasteiger partial charge < -0.3 is 0 Å². The number of rotatable bonds is 3. The van der Waals surface area contributed by atoms with Crippen molar-refractivity contribution in [3.8, 4) is 0 Å². The van der Waals surface area contributed by atoms with E-state index in [0.29, 0.717) is 12.6 Å². The van der Waals surface area contributed by atoms with Crippen LogP contribution in [0.4, 0.5) is 0 Å².